The van der Waals surface area contributed by atoms with Gasteiger partial charge in [0.1, 0.15) is 5.83 Å². The number of rotatable bonds is 4. The lowest BCUT2D eigenvalue weighted by Crippen LogP contribution is -2.44. The van der Waals surface area contributed by atoms with Crippen LogP contribution in [0.25, 0.3) is 0 Å². The monoisotopic (exact) mass is 217 g/mol. The van der Waals surface area contributed by atoms with Crippen molar-refractivity contribution in [3.8, 4) is 0 Å². The molecule has 84 valence electrons. The van der Waals surface area contributed by atoms with Crippen LogP contribution in [0.2, 0.25) is 0 Å². The molecule has 0 spiro atoms. The van der Waals surface area contributed by atoms with Crippen molar-refractivity contribution in [2.75, 3.05) is 6.61 Å². The molecule has 2 atom stereocenters. The zero-order valence-electron chi connectivity index (χ0n) is 8.37. The second kappa shape index (κ2) is 4.53. The van der Waals surface area contributed by atoms with E-state index in [-0.39, 0.29) is 6.61 Å². The van der Waals surface area contributed by atoms with Gasteiger partial charge in [-0.2, -0.15) is 0 Å². The molecule has 2 unspecified atom stereocenters. The maximum Gasteiger partial charge on any atom is 0.246 e. The quantitative estimate of drug-likeness (QED) is 0.777. The highest BCUT2D eigenvalue weighted by Gasteiger charge is 2.46. The minimum Gasteiger partial charge on any atom is -0.369 e. The number of amides is 1. The van der Waals surface area contributed by atoms with Gasteiger partial charge in [-0.3, -0.25) is 4.79 Å². The van der Waals surface area contributed by atoms with Crippen LogP contribution < -0.4 is 5.73 Å². The summed E-state index contributed by atoms with van der Waals surface area (Å²) in [5, 5.41) is 0. The smallest absolute Gasteiger partial charge is 0.246 e. The molecule has 15 heavy (non-hydrogen) atoms. The number of hydrogen-bond acceptors (Lipinski definition) is 2. The molecule has 0 saturated heterocycles. The topological polar surface area (TPSA) is 52.3 Å². The Bertz CT molecular complexity index is 315. The lowest BCUT2D eigenvalue weighted by molar-refractivity contribution is -0.158. The molecule has 0 aliphatic heterocycles. The summed E-state index contributed by atoms with van der Waals surface area (Å²) in [7, 11) is 0. The molecule has 0 aromatic carbocycles. The molecule has 2 N–H and O–H groups in total. The predicted molar refractivity (Wildman–Crippen MR) is 51.1 cm³/mol. The number of alkyl halides is 1. The third-order valence-corrected chi connectivity index (χ3v) is 2.06. The van der Waals surface area contributed by atoms with Crippen LogP contribution in [0.15, 0.2) is 24.1 Å². The number of hydrogen-bond donors (Lipinski definition) is 1. The van der Waals surface area contributed by atoms with Gasteiger partial charge in [0.05, 0.1) is 6.61 Å². The van der Waals surface area contributed by atoms with E-state index in [1.165, 1.54) is 6.08 Å². The van der Waals surface area contributed by atoms with Crippen LogP contribution in [0.1, 0.15) is 13.3 Å². The molecule has 0 aromatic rings. The molecule has 0 fully saturated rings. The van der Waals surface area contributed by atoms with E-state index >= 15 is 0 Å². The Morgan fingerprint density at radius 2 is 2.40 bits per heavy atom. The summed E-state index contributed by atoms with van der Waals surface area (Å²) in [4.78, 5) is 10.9. The predicted octanol–water partition coefficient (Wildman–Crippen LogP) is 1.60. The summed E-state index contributed by atoms with van der Waals surface area (Å²) < 4.78 is 32.1. The van der Waals surface area contributed by atoms with Gasteiger partial charge in [0.15, 0.2) is 5.92 Å². The van der Waals surface area contributed by atoms with E-state index in [0.29, 0.717) is 6.42 Å². The number of nitrogens with two attached hydrogens (primary N) is 1. The van der Waals surface area contributed by atoms with E-state index in [9.17, 15) is 13.6 Å². The Kier molecular flexibility index (Phi) is 3.57. The minimum absolute atomic E-state index is 0.0951. The maximum absolute atomic E-state index is 14.0. The van der Waals surface area contributed by atoms with Crippen LogP contribution in [0, 0.1) is 5.92 Å². The summed E-state index contributed by atoms with van der Waals surface area (Å²) in [5.74, 6) is -6.13. The number of carbonyl (C=O) groups excluding carboxylic acids is 1. The summed E-state index contributed by atoms with van der Waals surface area (Å²) >= 11 is 0. The number of allylic oxidation sites excluding steroid dienone is 2. The van der Waals surface area contributed by atoms with Crippen molar-refractivity contribution in [3.63, 3.8) is 0 Å². The summed E-state index contributed by atoms with van der Waals surface area (Å²) in [6.07, 6.45) is 3.74. The average Bonchev–Trinajstić information content (AvgIpc) is 2.14. The second-order valence-electron chi connectivity index (χ2n) is 3.29. The molecule has 5 heteroatoms. The highest BCUT2D eigenvalue weighted by molar-refractivity contribution is 5.81. The molecule has 1 aliphatic rings. The lowest BCUT2D eigenvalue weighted by atomic mass is 9.93. The van der Waals surface area contributed by atoms with Gasteiger partial charge in [0.2, 0.25) is 11.8 Å². The first-order valence-corrected chi connectivity index (χ1v) is 4.68. The Labute approximate surface area is 86.6 Å². The Morgan fingerprint density at radius 1 is 1.73 bits per heavy atom. The number of primary amides is 1. The molecule has 0 heterocycles. The summed E-state index contributed by atoms with van der Waals surface area (Å²) in [6, 6.07) is 0. The van der Waals surface area contributed by atoms with E-state index < -0.39 is 23.5 Å². The molecule has 1 rings (SSSR count). The highest BCUT2D eigenvalue weighted by atomic mass is 19.2. The highest BCUT2D eigenvalue weighted by Crippen LogP contribution is 2.35. The van der Waals surface area contributed by atoms with Gasteiger partial charge in [-0.05, 0) is 18.6 Å². The van der Waals surface area contributed by atoms with Gasteiger partial charge in [-0.15, -0.1) is 0 Å². The maximum atomic E-state index is 14.0. The van der Waals surface area contributed by atoms with Crippen molar-refractivity contribution >= 4 is 5.91 Å². The van der Waals surface area contributed by atoms with Crippen LogP contribution in [0.3, 0.4) is 0 Å². The van der Waals surface area contributed by atoms with Crippen molar-refractivity contribution in [2.45, 2.75) is 19.2 Å². The first kappa shape index (κ1) is 11.8. The van der Waals surface area contributed by atoms with Crippen molar-refractivity contribution in [1.29, 1.82) is 0 Å². The Balaban J connectivity index is 2.90. The molecule has 0 saturated carbocycles. The molecule has 0 aromatic heterocycles. The molecule has 3 nitrogen and oxygen atoms in total. The first-order chi connectivity index (χ1) is 7.01. The third-order valence-electron chi connectivity index (χ3n) is 2.06. The third kappa shape index (κ3) is 2.41. The zero-order chi connectivity index (χ0) is 11.5. The van der Waals surface area contributed by atoms with E-state index in [4.69, 9.17) is 10.5 Å². The van der Waals surface area contributed by atoms with Gasteiger partial charge in [0, 0.05) is 0 Å². The Morgan fingerprint density at radius 3 is 2.93 bits per heavy atom. The fourth-order valence-corrected chi connectivity index (χ4v) is 1.37. The van der Waals surface area contributed by atoms with E-state index in [1.54, 1.807) is 6.92 Å². The van der Waals surface area contributed by atoms with Crippen molar-refractivity contribution < 1.29 is 18.3 Å². The average molecular weight is 217 g/mol. The van der Waals surface area contributed by atoms with Gasteiger partial charge >= 0.3 is 0 Å². The van der Waals surface area contributed by atoms with Crippen LogP contribution in [0.4, 0.5) is 8.78 Å². The van der Waals surface area contributed by atoms with Gasteiger partial charge in [-0.1, -0.05) is 13.0 Å². The summed E-state index contributed by atoms with van der Waals surface area (Å²) in [6.45, 7) is 1.87. The molecule has 1 amide bonds. The lowest BCUT2D eigenvalue weighted by Gasteiger charge is -2.29. The van der Waals surface area contributed by atoms with E-state index in [1.807, 2.05) is 0 Å². The fourth-order valence-electron chi connectivity index (χ4n) is 1.37. The molecular weight excluding hydrogens is 204 g/mol. The minimum atomic E-state index is -2.46. The molecular formula is C10H13F2NO2. The van der Waals surface area contributed by atoms with E-state index in [2.05, 4.69) is 0 Å². The van der Waals surface area contributed by atoms with Crippen molar-refractivity contribution in [1.82, 2.24) is 0 Å². The summed E-state index contributed by atoms with van der Waals surface area (Å²) in [5.41, 5.74) is 4.93. The van der Waals surface area contributed by atoms with Crippen LogP contribution in [-0.4, -0.2) is 18.4 Å². The normalized spacial score (nSPS) is 30.1. The van der Waals surface area contributed by atoms with Crippen LogP contribution in [0.5, 0.6) is 0 Å². The Hall–Kier alpha value is -1.23. The fraction of sp³-hybridized carbons (Fsp3) is 0.500. The second-order valence-corrected chi connectivity index (χ2v) is 3.29. The largest absolute Gasteiger partial charge is 0.369 e. The number of halogens is 2. The van der Waals surface area contributed by atoms with E-state index in [0.717, 1.165) is 12.2 Å². The molecule has 1 aliphatic carbocycles. The molecule has 0 radical (unpaired) electrons. The van der Waals surface area contributed by atoms with Gasteiger partial charge < -0.3 is 10.5 Å². The van der Waals surface area contributed by atoms with Crippen LogP contribution >= 0.6 is 0 Å². The first-order valence-electron chi connectivity index (χ1n) is 4.68. The zero-order valence-corrected chi connectivity index (χ0v) is 8.37. The van der Waals surface area contributed by atoms with Crippen LogP contribution in [-0.2, 0) is 9.53 Å². The van der Waals surface area contributed by atoms with Gasteiger partial charge in [-0.25, -0.2) is 8.78 Å². The van der Waals surface area contributed by atoms with Crippen molar-refractivity contribution in [3.05, 3.63) is 24.1 Å². The number of carbonyl (C=O) groups is 1. The number of ether oxygens (including phenoxy) is 1. The SMILES string of the molecule is CCCOC1(F)C=CC=C(F)C1C(N)=O. The van der Waals surface area contributed by atoms with Crippen molar-refractivity contribution in [2.24, 2.45) is 11.7 Å². The standard InChI is InChI=1S/C10H13F2NO2/c1-2-6-15-10(12)5-3-4-7(11)8(10)9(13)14/h3-5,8H,2,6H2,1H3,(H2,13,14). The van der Waals surface area contributed by atoms with Gasteiger partial charge in [0.25, 0.3) is 0 Å². The molecule has 0 bridgehead atoms.